The van der Waals surface area contributed by atoms with Crippen molar-refractivity contribution in [1.82, 2.24) is 19.6 Å². The quantitative estimate of drug-likeness (QED) is 0.507. The van der Waals surface area contributed by atoms with Gasteiger partial charge in [0.25, 0.3) is 0 Å². The summed E-state index contributed by atoms with van der Waals surface area (Å²) >= 11 is 6.09. The molecule has 4 rings (SSSR count). The average Bonchev–Trinajstić information content (AvgIpc) is 3.29. The van der Waals surface area contributed by atoms with Gasteiger partial charge >= 0.3 is 0 Å². The first-order valence-electron chi connectivity index (χ1n) is 8.94. The van der Waals surface area contributed by atoms with E-state index in [1.807, 2.05) is 0 Å². The predicted molar refractivity (Wildman–Crippen MR) is 106 cm³/mol. The number of hydrogen-bond donors (Lipinski definition) is 1. The second-order valence-corrected chi connectivity index (χ2v) is 7.18. The summed E-state index contributed by atoms with van der Waals surface area (Å²) in [7, 11) is 1.52. The monoisotopic (exact) mass is 432 g/mol. The van der Waals surface area contributed by atoms with Gasteiger partial charge in [-0.3, -0.25) is 4.68 Å². The molecular formula is C21H16ClF3N4O. The van der Waals surface area contributed by atoms with E-state index in [9.17, 15) is 9.50 Å². The summed E-state index contributed by atoms with van der Waals surface area (Å²) in [6.45, 7) is 1.60. The fourth-order valence-corrected chi connectivity index (χ4v) is 3.79. The van der Waals surface area contributed by atoms with Gasteiger partial charge in [0.1, 0.15) is 23.6 Å². The van der Waals surface area contributed by atoms with Crippen LogP contribution in [0.25, 0.3) is 16.9 Å². The Balaban J connectivity index is 1.89. The molecule has 0 aliphatic rings. The third kappa shape index (κ3) is 3.38. The number of aliphatic hydroxyl groups is 1. The lowest BCUT2D eigenvalue weighted by molar-refractivity contribution is 0.220. The van der Waals surface area contributed by atoms with Crippen LogP contribution in [0.15, 0.2) is 48.8 Å². The van der Waals surface area contributed by atoms with Crippen molar-refractivity contribution in [3.05, 3.63) is 88.1 Å². The Kier molecular flexibility index (Phi) is 5.13. The highest BCUT2D eigenvalue weighted by molar-refractivity contribution is 6.31. The van der Waals surface area contributed by atoms with E-state index >= 15 is 8.78 Å². The molecule has 0 saturated carbocycles. The first kappa shape index (κ1) is 20.2. The first-order chi connectivity index (χ1) is 14.3. The lowest BCUT2D eigenvalue weighted by Gasteiger charge is -2.16. The molecule has 0 fully saturated rings. The van der Waals surface area contributed by atoms with Gasteiger partial charge in [-0.05, 0) is 25.1 Å². The van der Waals surface area contributed by atoms with Crippen LogP contribution in [0.5, 0.6) is 0 Å². The average molecular weight is 433 g/mol. The van der Waals surface area contributed by atoms with E-state index in [0.717, 1.165) is 24.3 Å². The summed E-state index contributed by atoms with van der Waals surface area (Å²) in [6, 6.07) is 7.46. The van der Waals surface area contributed by atoms with Gasteiger partial charge in [-0.15, -0.1) is 0 Å². The first-order valence-corrected chi connectivity index (χ1v) is 9.31. The van der Waals surface area contributed by atoms with Crippen molar-refractivity contribution in [1.29, 1.82) is 0 Å². The molecule has 30 heavy (non-hydrogen) atoms. The van der Waals surface area contributed by atoms with Crippen LogP contribution in [0, 0.1) is 24.4 Å². The standard InChI is InChI=1S/C21H16ClF3N4O/c1-11-18(21(30)14-5-4-12(23)8-15(14)22)20(28(2)27-11)19-16(24)9-13(10-17(19)25)29-7-3-6-26-29/h3-10,21,30H,1-2H3. The minimum absolute atomic E-state index is 0.00771. The minimum atomic E-state index is -1.37. The molecule has 1 unspecified atom stereocenters. The number of halogens is 4. The molecule has 0 aliphatic carbocycles. The van der Waals surface area contributed by atoms with Crippen LogP contribution in [0.4, 0.5) is 13.2 Å². The second-order valence-electron chi connectivity index (χ2n) is 6.77. The van der Waals surface area contributed by atoms with Gasteiger partial charge in [-0.1, -0.05) is 17.7 Å². The van der Waals surface area contributed by atoms with Gasteiger partial charge in [0.15, 0.2) is 0 Å². The second kappa shape index (κ2) is 7.62. The molecule has 4 aromatic rings. The zero-order valence-corrected chi connectivity index (χ0v) is 16.7. The maximum atomic E-state index is 15.1. The number of aryl methyl sites for hydroxylation is 2. The highest BCUT2D eigenvalue weighted by atomic mass is 35.5. The number of hydrogen-bond acceptors (Lipinski definition) is 3. The predicted octanol–water partition coefficient (Wildman–Crippen LogP) is 4.73. The maximum Gasteiger partial charge on any atom is 0.137 e. The van der Waals surface area contributed by atoms with Gasteiger partial charge in [-0.2, -0.15) is 10.2 Å². The van der Waals surface area contributed by atoms with Crippen molar-refractivity contribution in [2.75, 3.05) is 0 Å². The van der Waals surface area contributed by atoms with Crippen molar-refractivity contribution in [3.8, 4) is 16.9 Å². The fraction of sp³-hybridized carbons (Fsp3) is 0.143. The lowest BCUT2D eigenvalue weighted by Crippen LogP contribution is -2.07. The Hall–Kier alpha value is -3.10. The van der Waals surface area contributed by atoms with E-state index in [4.69, 9.17) is 11.6 Å². The third-order valence-electron chi connectivity index (χ3n) is 4.83. The molecule has 154 valence electrons. The van der Waals surface area contributed by atoms with Crippen LogP contribution in [0.2, 0.25) is 5.02 Å². The maximum absolute atomic E-state index is 15.1. The summed E-state index contributed by atoms with van der Waals surface area (Å²) in [5.41, 5.74) is 0.653. The molecule has 0 spiro atoms. The molecule has 1 atom stereocenters. The van der Waals surface area contributed by atoms with Crippen molar-refractivity contribution in [2.24, 2.45) is 7.05 Å². The van der Waals surface area contributed by atoms with Crippen LogP contribution in [0.1, 0.15) is 22.9 Å². The molecule has 0 aliphatic heterocycles. The Morgan fingerprint density at radius 2 is 1.80 bits per heavy atom. The van der Waals surface area contributed by atoms with Crippen LogP contribution in [-0.2, 0) is 7.05 Å². The molecule has 0 bridgehead atoms. The van der Waals surface area contributed by atoms with Gasteiger partial charge in [0, 0.05) is 47.7 Å². The minimum Gasteiger partial charge on any atom is -0.383 e. The summed E-state index contributed by atoms with van der Waals surface area (Å²) in [4.78, 5) is 0. The molecule has 2 aromatic carbocycles. The smallest absolute Gasteiger partial charge is 0.137 e. The van der Waals surface area contributed by atoms with E-state index in [-0.39, 0.29) is 33.1 Å². The zero-order valence-electron chi connectivity index (χ0n) is 15.9. The van der Waals surface area contributed by atoms with Crippen LogP contribution < -0.4 is 0 Å². The van der Waals surface area contributed by atoms with E-state index in [2.05, 4.69) is 10.2 Å². The van der Waals surface area contributed by atoms with Crippen molar-refractivity contribution in [3.63, 3.8) is 0 Å². The van der Waals surface area contributed by atoms with Gasteiger partial charge < -0.3 is 5.11 Å². The van der Waals surface area contributed by atoms with Crippen molar-refractivity contribution >= 4 is 11.6 Å². The summed E-state index contributed by atoms with van der Waals surface area (Å²) in [5, 5.41) is 19.2. The van der Waals surface area contributed by atoms with E-state index in [1.54, 1.807) is 19.2 Å². The Labute approximate surface area is 175 Å². The topological polar surface area (TPSA) is 55.9 Å². The van der Waals surface area contributed by atoms with Crippen LogP contribution >= 0.6 is 11.6 Å². The Bertz CT molecular complexity index is 1210. The zero-order chi connectivity index (χ0) is 21.6. The third-order valence-corrected chi connectivity index (χ3v) is 5.16. The number of aliphatic hydroxyl groups excluding tert-OH is 1. The molecule has 0 amide bonds. The largest absolute Gasteiger partial charge is 0.383 e. The summed E-state index contributed by atoms with van der Waals surface area (Å²) in [6.07, 6.45) is 1.69. The molecule has 1 N–H and O–H groups in total. The summed E-state index contributed by atoms with van der Waals surface area (Å²) in [5.74, 6) is -2.25. The number of aromatic nitrogens is 4. The molecule has 2 aromatic heterocycles. The highest BCUT2D eigenvalue weighted by Gasteiger charge is 2.28. The number of rotatable bonds is 4. The Morgan fingerprint density at radius 3 is 2.40 bits per heavy atom. The molecule has 0 radical (unpaired) electrons. The van der Waals surface area contributed by atoms with Gasteiger partial charge in [0.2, 0.25) is 0 Å². The summed E-state index contributed by atoms with van der Waals surface area (Å²) < 4.78 is 46.2. The molecular weight excluding hydrogens is 417 g/mol. The molecule has 5 nitrogen and oxygen atoms in total. The van der Waals surface area contributed by atoms with Gasteiger partial charge in [0.05, 0.1) is 22.6 Å². The van der Waals surface area contributed by atoms with Crippen LogP contribution in [-0.4, -0.2) is 24.7 Å². The molecule has 0 saturated heterocycles. The van der Waals surface area contributed by atoms with Crippen LogP contribution in [0.3, 0.4) is 0 Å². The number of benzene rings is 2. The molecule has 9 heteroatoms. The SMILES string of the molecule is Cc1nn(C)c(-c2c(F)cc(-n3cccn3)cc2F)c1C(O)c1ccc(F)cc1Cl. The van der Waals surface area contributed by atoms with E-state index < -0.39 is 23.6 Å². The highest BCUT2D eigenvalue weighted by Crippen LogP contribution is 2.39. The van der Waals surface area contributed by atoms with Crippen molar-refractivity contribution in [2.45, 2.75) is 13.0 Å². The van der Waals surface area contributed by atoms with E-state index in [0.29, 0.717) is 5.69 Å². The normalized spacial score (nSPS) is 12.4. The number of nitrogens with zero attached hydrogens (tertiary/aromatic N) is 4. The van der Waals surface area contributed by atoms with Crippen molar-refractivity contribution < 1.29 is 18.3 Å². The van der Waals surface area contributed by atoms with Gasteiger partial charge in [-0.25, -0.2) is 17.9 Å². The van der Waals surface area contributed by atoms with E-state index in [1.165, 1.54) is 28.7 Å². The fourth-order valence-electron chi connectivity index (χ4n) is 3.52. The lowest BCUT2D eigenvalue weighted by atomic mass is 9.95. The molecule has 2 heterocycles. The Morgan fingerprint density at radius 1 is 1.10 bits per heavy atom.